The van der Waals surface area contributed by atoms with Crippen molar-refractivity contribution < 1.29 is 4.74 Å². The van der Waals surface area contributed by atoms with E-state index in [1.807, 2.05) is 24.3 Å². The highest BCUT2D eigenvalue weighted by atomic mass is 79.9. The van der Waals surface area contributed by atoms with Gasteiger partial charge in [-0.1, -0.05) is 48.0 Å². The van der Waals surface area contributed by atoms with Gasteiger partial charge in [0.1, 0.15) is 11.6 Å². The van der Waals surface area contributed by atoms with Gasteiger partial charge in [-0.3, -0.25) is 5.10 Å². The van der Waals surface area contributed by atoms with Crippen molar-refractivity contribution in [1.82, 2.24) is 10.2 Å². The Morgan fingerprint density at radius 3 is 2.77 bits per heavy atom. The van der Waals surface area contributed by atoms with Gasteiger partial charge in [-0.15, -0.1) is 5.10 Å². The van der Waals surface area contributed by atoms with Crippen molar-refractivity contribution in [3.63, 3.8) is 0 Å². The summed E-state index contributed by atoms with van der Waals surface area (Å²) in [6.45, 7) is 4.14. The number of fused-ring (bicyclic) bond motifs is 1. The second kappa shape index (κ2) is 5.50. The Bertz CT molecular complexity index is 801. The topological polar surface area (TPSA) is 87.7 Å². The fourth-order valence-electron chi connectivity index (χ4n) is 2.73. The highest BCUT2D eigenvalue weighted by Crippen LogP contribution is 2.45. The van der Waals surface area contributed by atoms with Gasteiger partial charge in [0, 0.05) is 10.2 Å². The first-order valence-electron chi connectivity index (χ1n) is 6.94. The number of hydrogen-bond acceptors (Lipinski definition) is 4. The van der Waals surface area contributed by atoms with Crippen molar-refractivity contribution >= 4 is 15.9 Å². The first-order chi connectivity index (χ1) is 10.5. The number of nitrogens with zero attached hydrogens (tertiary/aromatic N) is 2. The summed E-state index contributed by atoms with van der Waals surface area (Å²) in [5.41, 5.74) is 9.14. The van der Waals surface area contributed by atoms with Crippen molar-refractivity contribution in [2.45, 2.75) is 25.7 Å². The van der Waals surface area contributed by atoms with E-state index in [0.717, 1.165) is 21.3 Å². The monoisotopic (exact) mass is 358 g/mol. The van der Waals surface area contributed by atoms with E-state index in [4.69, 9.17) is 10.5 Å². The lowest BCUT2D eigenvalue weighted by atomic mass is 9.82. The van der Waals surface area contributed by atoms with Crippen LogP contribution in [0.15, 0.2) is 40.2 Å². The van der Waals surface area contributed by atoms with Crippen LogP contribution in [-0.2, 0) is 0 Å². The Morgan fingerprint density at radius 1 is 1.41 bits per heavy atom. The predicted molar refractivity (Wildman–Crippen MR) is 86.1 cm³/mol. The van der Waals surface area contributed by atoms with Crippen LogP contribution < -0.4 is 10.5 Å². The van der Waals surface area contributed by atoms with E-state index < -0.39 is 0 Å². The number of allylic oxidation sites excluding steroid dienone is 1. The van der Waals surface area contributed by atoms with E-state index in [1.165, 1.54) is 0 Å². The van der Waals surface area contributed by atoms with Crippen LogP contribution in [0.1, 0.15) is 42.5 Å². The van der Waals surface area contributed by atoms with Crippen LogP contribution >= 0.6 is 15.9 Å². The Labute approximate surface area is 136 Å². The second-order valence-corrected chi connectivity index (χ2v) is 6.31. The summed E-state index contributed by atoms with van der Waals surface area (Å²) in [4.78, 5) is 0. The zero-order valence-corrected chi connectivity index (χ0v) is 13.8. The summed E-state index contributed by atoms with van der Waals surface area (Å²) in [6.07, 6.45) is 0. The van der Waals surface area contributed by atoms with Crippen LogP contribution in [-0.4, -0.2) is 10.2 Å². The van der Waals surface area contributed by atoms with E-state index >= 15 is 0 Å². The zero-order chi connectivity index (χ0) is 15.9. The molecule has 1 atom stereocenters. The minimum absolute atomic E-state index is 0.109. The van der Waals surface area contributed by atoms with E-state index in [-0.39, 0.29) is 17.7 Å². The standard InChI is InChI=1S/C16H15BrN4O/c1-8(2)14-13-12(9-5-3-4-6-11(9)17)10(7-18)15(19)22-16(13)21-20-14/h3-6,8,12H,19H2,1-2H3,(H,20,21). The average Bonchev–Trinajstić information content (AvgIpc) is 2.90. The van der Waals surface area contributed by atoms with Gasteiger partial charge in [0.05, 0.1) is 11.5 Å². The maximum absolute atomic E-state index is 9.56. The molecular formula is C16H15BrN4O. The fourth-order valence-corrected chi connectivity index (χ4v) is 3.24. The van der Waals surface area contributed by atoms with Gasteiger partial charge in [-0.25, -0.2) is 0 Å². The minimum atomic E-state index is -0.291. The van der Waals surface area contributed by atoms with Crippen molar-refractivity contribution in [3.05, 3.63) is 57.0 Å². The summed E-state index contributed by atoms with van der Waals surface area (Å²) in [6, 6.07) is 10.00. The number of hydrogen-bond donors (Lipinski definition) is 2. The van der Waals surface area contributed by atoms with Crippen molar-refractivity contribution in [1.29, 1.82) is 5.26 Å². The third kappa shape index (κ3) is 2.18. The summed E-state index contributed by atoms with van der Waals surface area (Å²) < 4.78 is 6.46. The molecule has 1 aromatic heterocycles. The molecule has 1 aromatic carbocycles. The van der Waals surface area contributed by atoms with Crippen molar-refractivity contribution in [3.8, 4) is 11.9 Å². The van der Waals surface area contributed by atoms with Crippen LogP contribution in [0.2, 0.25) is 0 Å². The van der Waals surface area contributed by atoms with Crippen molar-refractivity contribution in [2.75, 3.05) is 0 Å². The summed E-state index contributed by atoms with van der Waals surface area (Å²) >= 11 is 3.57. The molecule has 0 fully saturated rings. The Morgan fingerprint density at radius 2 is 2.14 bits per heavy atom. The fraction of sp³-hybridized carbons (Fsp3) is 0.250. The zero-order valence-electron chi connectivity index (χ0n) is 12.2. The molecule has 2 aromatic rings. The van der Waals surface area contributed by atoms with Gasteiger partial charge in [-0.2, -0.15) is 5.26 Å². The van der Waals surface area contributed by atoms with Crippen LogP contribution in [0.4, 0.5) is 0 Å². The molecule has 2 heterocycles. The molecule has 3 N–H and O–H groups in total. The molecule has 1 aliphatic rings. The van der Waals surface area contributed by atoms with Gasteiger partial charge in [0.15, 0.2) is 0 Å². The summed E-state index contributed by atoms with van der Waals surface area (Å²) in [5, 5.41) is 16.8. The van der Waals surface area contributed by atoms with Gasteiger partial charge >= 0.3 is 0 Å². The molecule has 0 bridgehead atoms. The number of ether oxygens (including phenoxy) is 1. The number of benzene rings is 1. The Hall–Kier alpha value is -2.26. The van der Waals surface area contributed by atoms with Crippen LogP contribution in [0.5, 0.6) is 5.88 Å². The molecule has 112 valence electrons. The number of nitrogens with one attached hydrogen (secondary N) is 1. The molecule has 6 heteroatoms. The lowest BCUT2D eigenvalue weighted by Crippen LogP contribution is -2.21. The minimum Gasteiger partial charge on any atom is -0.420 e. The number of H-pyrrole nitrogens is 1. The van der Waals surface area contributed by atoms with Crippen LogP contribution in [0.25, 0.3) is 0 Å². The largest absolute Gasteiger partial charge is 0.420 e. The average molecular weight is 359 g/mol. The summed E-state index contributed by atoms with van der Waals surface area (Å²) in [7, 11) is 0. The molecule has 5 nitrogen and oxygen atoms in total. The highest BCUT2D eigenvalue weighted by Gasteiger charge is 2.36. The van der Waals surface area contributed by atoms with Gasteiger partial charge < -0.3 is 10.5 Å². The molecule has 1 unspecified atom stereocenters. The van der Waals surface area contributed by atoms with Gasteiger partial charge in [0.2, 0.25) is 11.8 Å². The number of rotatable bonds is 2. The van der Waals surface area contributed by atoms with Crippen molar-refractivity contribution in [2.24, 2.45) is 5.73 Å². The maximum Gasteiger partial charge on any atom is 0.244 e. The molecule has 22 heavy (non-hydrogen) atoms. The maximum atomic E-state index is 9.56. The molecule has 0 aliphatic carbocycles. The van der Waals surface area contributed by atoms with E-state index in [2.05, 4.69) is 46.0 Å². The highest BCUT2D eigenvalue weighted by molar-refractivity contribution is 9.10. The number of nitriles is 1. The number of aromatic nitrogens is 2. The van der Waals surface area contributed by atoms with E-state index in [1.54, 1.807) is 0 Å². The molecule has 0 saturated heterocycles. The van der Waals surface area contributed by atoms with Gasteiger partial charge in [0.25, 0.3) is 0 Å². The molecule has 1 aliphatic heterocycles. The molecule has 0 saturated carbocycles. The Kier molecular flexibility index (Phi) is 3.67. The van der Waals surface area contributed by atoms with Crippen LogP contribution in [0.3, 0.4) is 0 Å². The normalized spacial score (nSPS) is 17.1. The third-order valence-electron chi connectivity index (χ3n) is 3.76. The smallest absolute Gasteiger partial charge is 0.244 e. The molecular weight excluding hydrogens is 344 g/mol. The van der Waals surface area contributed by atoms with Gasteiger partial charge in [-0.05, 0) is 17.5 Å². The lowest BCUT2D eigenvalue weighted by Gasteiger charge is -2.25. The predicted octanol–water partition coefficient (Wildman–Crippen LogP) is 3.51. The second-order valence-electron chi connectivity index (χ2n) is 5.46. The number of aromatic amines is 1. The first-order valence-corrected chi connectivity index (χ1v) is 7.74. The first kappa shape index (κ1) is 14.7. The molecule has 3 rings (SSSR count). The molecule has 0 radical (unpaired) electrons. The Balaban J connectivity index is 2.29. The molecule has 0 amide bonds. The van der Waals surface area contributed by atoms with E-state index in [9.17, 15) is 5.26 Å². The third-order valence-corrected chi connectivity index (χ3v) is 4.48. The molecule has 0 spiro atoms. The SMILES string of the molecule is CC(C)c1[nH]nc2c1C(c1ccccc1Br)C(C#N)=C(N)O2. The number of nitrogens with two attached hydrogens (primary N) is 1. The van der Waals surface area contributed by atoms with Crippen LogP contribution in [0, 0.1) is 11.3 Å². The quantitative estimate of drug-likeness (QED) is 0.859. The number of halogens is 1. The van der Waals surface area contributed by atoms with E-state index in [0.29, 0.717) is 11.5 Å². The summed E-state index contributed by atoms with van der Waals surface area (Å²) in [5.74, 6) is 0.489. The lowest BCUT2D eigenvalue weighted by molar-refractivity contribution is 0.378.